The summed E-state index contributed by atoms with van der Waals surface area (Å²) in [4.78, 5) is 40.6. The minimum atomic E-state index is -0.909. The molecule has 4 rings (SSSR count). The van der Waals surface area contributed by atoms with Crippen LogP contribution in [0.1, 0.15) is 34.1 Å². The van der Waals surface area contributed by atoms with Gasteiger partial charge in [-0.05, 0) is 79.9 Å². The third-order valence-corrected chi connectivity index (χ3v) is 7.69. The predicted octanol–water partition coefficient (Wildman–Crippen LogP) is 6.62. The summed E-state index contributed by atoms with van der Waals surface area (Å²) in [7, 11) is 3.92. The average Bonchev–Trinajstić information content (AvgIpc) is 2.93. The molecule has 1 atom stereocenters. The zero-order valence-corrected chi connectivity index (χ0v) is 25.5. The first-order chi connectivity index (χ1) is 19.6. The van der Waals surface area contributed by atoms with Crippen molar-refractivity contribution in [3.63, 3.8) is 0 Å². The van der Waals surface area contributed by atoms with Gasteiger partial charge in [0.05, 0.1) is 5.75 Å². The summed E-state index contributed by atoms with van der Waals surface area (Å²) < 4.78 is 0. The number of hydrogen-bond donors (Lipinski definition) is 1. The van der Waals surface area contributed by atoms with E-state index < -0.39 is 6.04 Å². The number of amides is 2. The maximum absolute atomic E-state index is 14.0. The minimum absolute atomic E-state index is 0.0731. The average molecular weight is 588 g/mol. The molecule has 0 aliphatic carbocycles. The number of thioether (sulfide) groups is 1. The molecule has 1 heterocycles. The SMILES string of the molecule is Cc1cc(C)nc(SCC(=O)N(Cc2ccccc2C)C(C(=O)Nc2ccc(N(C)C)cc2)c2ccc(Cl)cc2)n1. The Morgan fingerprint density at radius 2 is 1.54 bits per heavy atom. The molecule has 0 bridgehead atoms. The minimum Gasteiger partial charge on any atom is -0.378 e. The highest BCUT2D eigenvalue weighted by molar-refractivity contribution is 7.99. The maximum atomic E-state index is 14.0. The van der Waals surface area contributed by atoms with Gasteiger partial charge in [-0.25, -0.2) is 9.97 Å². The number of carbonyl (C=O) groups excluding carboxylic acids is 2. The summed E-state index contributed by atoms with van der Waals surface area (Å²) in [6, 6.07) is 23.5. The van der Waals surface area contributed by atoms with Crippen LogP contribution in [0.5, 0.6) is 0 Å². The van der Waals surface area contributed by atoms with Gasteiger partial charge in [-0.1, -0.05) is 59.8 Å². The van der Waals surface area contributed by atoms with E-state index in [0.717, 1.165) is 28.2 Å². The first kappa shape index (κ1) is 30.1. The highest BCUT2D eigenvalue weighted by atomic mass is 35.5. The molecule has 41 heavy (non-hydrogen) atoms. The molecule has 1 unspecified atom stereocenters. The Kier molecular flexibility index (Phi) is 10.0. The van der Waals surface area contributed by atoms with E-state index in [1.165, 1.54) is 11.8 Å². The fourth-order valence-corrected chi connectivity index (χ4v) is 5.39. The van der Waals surface area contributed by atoms with Gasteiger partial charge in [0.15, 0.2) is 5.16 Å². The van der Waals surface area contributed by atoms with Crippen molar-refractivity contribution in [3.8, 4) is 0 Å². The van der Waals surface area contributed by atoms with Crippen molar-refractivity contribution in [2.45, 2.75) is 38.5 Å². The Labute approximate surface area is 251 Å². The molecule has 3 aromatic carbocycles. The molecule has 0 fully saturated rings. The van der Waals surface area contributed by atoms with E-state index in [1.54, 1.807) is 29.2 Å². The Hall–Kier alpha value is -3.88. The highest BCUT2D eigenvalue weighted by Crippen LogP contribution is 2.29. The Morgan fingerprint density at radius 1 is 0.902 bits per heavy atom. The molecule has 1 aromatic heterocycles. The number of nitrogens with one attached hydrogen (secondary N) is 1. The van der Waals surface area contributed by atoms with Crippen LogP contribution in [0.4, 0.5) is 11.4 Å². The molecule has 2 amide bonds. The summed E-state index contributed by atoms with van der Waals surface area (Å²) in [5.74, 6) is -0.456. The van der Waals surface area contributed by atoms with Crippen LogP contribution in [0.25, 0.3) is 0 Å². The molecule has 212 valence electrons. The number of aryl methyl sites for hydroxylation is 3. The third-order valence-electron chi connectivity index (χ3n) is 6.61. The topological polar surface area (TPSA) is 78.4 Å². The van der Waals surface area contributed by atoms with Crippen molar-refractivity contribution in [1.29, 1.82) is 0 Å². The molecular weight excluding hydrogens is 554 g/mol. The highest BCUT2D eigenvalue weighted by Gasteiger charge is 2.32. The number of anilines is 2. The quantitative estimate of drug-likeness (QED) is 0.166. The van der Waals surface area contributed by atoms with Crippen LogP contribution in [-0.2, 0) is 16.1 Å². The van der Waals surface area contributed by atoms with Gasteiger partial charge >= 0.3 is 0 Å². The van der Waals surface area contributed by atoms with Crippen molar-refractivity contribution in [2.75, 3.05) is 30.1 Å². The molecule has 0 saturated heterocycles. The molecular formula is C32H34ClN5O2S. The zero-order chi connectivity index (χ0) is 29.5. The molecule has 0 spiro atoms. The third kappa shape index (κ3) is 8.08. The van der Waals surface area contributed by atoms with Crippen LogP contribution in [0, 0.1) is 20.8 Å². The summed E-state index contributed by atoms with van der Waals surface area (Å²) >= 11 is 7.46. The van der Waals surface area contributed by atoms with E-state index in [-0.39, 0.29) is 24.1 Å². The van der Waals surface area contributed by atoms with Crippen molar-refractivity contribution in [1.82, 2.24) is 14.9 Å². The first-order valence-corrected chi connectivity index (χ1v) is 14.6. The standard InChI is InChI=1S/C32H34ClN5O2S/c1-21-8-6-7-9-25(21)19-38(29(39)20-41-32-34-22(2)18-23(3)35-32)30(24-10-12-26(33)13-11-24)31(40)36-27-14-16-28(17-15-27)37(4)5/h6-18,30H,19-20H2,1-5H3,(H,36,40). The zero-order valence-electron chi connectivity index (χ0n) is 23.9. The fraction of sp³-hybridized carbons (Fsp3) is 0.250. The Balaban J connectivity index is 1.70. The van der Waals surface area contributed by atoms with Crippen LogP contribution in [0.3, 0.4) is 0 Å². The molecule has 4 aromatic rings. The number of aromatic nitrogens is 2. The summed E-state index contributed by atoms with van der Waals surface area (Å²) in [5.41, 5.74) is 5.97. The first-order valence-electron chi connectivity index (χ1n) is 13.2. The number of benzene rings is 3. The van der Waals surface area contributed by atoms with E-state index in [0.29, 0.717) is 21.4 Å². The van der Waals surface area contributed by atoms with Gasteiger partial charge in [0.2, 0.25) is 5.91 Å². The van der Waals surface area contributed by atoms with Gasteiger partial charge in [0.25, 0.3) is 5.91 Å². The van der Waals surface area contributed by atoms with E-state index in [4.69, 9.17) is 11.6 Å². The van der Waals surface area contributed by atoms with E-state index in [9.17, 15) is 9.59 Å². The molecule has 0 saturated carbocycles. The lowest BCUT2D eigenvalue weighted by molar-refractivity contribution is -0.137. The van der Waals surface area contributed by atoms with Crippen molar-refractivity contribution in [2.24, 2.45) is 0 Å². The summed E-state index contributed by atoms with van der Waals surface area (Å²) in [5, 5.41) is 4.11. The van der Waals surface area contributed by atoms with Crippen molar-refractivity contribution < 1.29 is 9.59 Å². The second-order valence-corrected chi connectivity index (χ2v) is 11.4. The van der Waals surface area contributed by atoms with Crippen LogP contribution in [-0.4, -0.2) is 46.5 Å². The van der Waals surface area contributed by atoms with E-state index >= 15 is 0 Å². The van der Waals surface area contributed by atoms with Crippen molar-refractivity contribution >= 4 is 46.6 Å². The van der Waals surface area contributed by atoms with Crippen LogP contribution in [0.2, 0.25) is 5.02 Å². The second-order valence-electron chi connectivity index (χ2n) is 10.1. The summed E-state index contributed by atoms with van der Waals surface area (Å²) in [6.07, 6.45) is 0. The van der Waals surface area contributed by atoms with Gasteiger partial charge < -0.3 is 15.1 Å². The van der Waals surface area contributed by atoms with Gasteiger partial charge in [0, 0.05) is 48.4 Å². The number of hydrogen-bond acceptors (Lipinski definition) is 6. The predicted molar refractivity (Wildman–Crippen MR) is 168 cm³/mol. The smallest absolute Gasteiger partial charge is 0.251 e. The van der Waals surface area contributed by atoms with E-state index in [2.05, 4.69) is 15.3 Å². The molecule has 0 aliphatic rings. The van der Waals surface area contributed by atoms with Crippen LogP contribution >= 0.6 is 23.4 Å². The molecule has 0 aliphatic heterocycles. The van der Waals surface area contributed by atoms with Gasteiger partial charge in [-0.3, -0.25) is 9.59 Å². The molecule has 7 nitrogen and oxygen atoms in total. The number of rotatable bonds is 10. The molecule has 1 N–H and O–H groups in total. The lowest BCUT2D eigenvalue weighted by Crippen LogP contribution is -2.42. The fourth-order valence-electron chi connectivity index (χ4n) is 4.43. The molecule has 0 radical (unpaired) electrons. The largest absolute Gasteiger partial charge is 0.378 e. The van der Waals surface area contributed by atoms with Crippen LogP contribution in [0.15, 0.2) is 84.0 Å². The number of halogens is 1. The van der Waals surface area contributed by atoms with Gasteiger partial charge in [-0.15, -0.1) is 0 Å². The van der Waals surface area contributed by atoms with Gasteiger partial charge in [0.1, 0.15) is 6.04 Å². The molecule has 9 heteroatoms. The Morgan fingerprint density at radius 3 is 2.15 bits per heavy atom. The number of nitrogens with zero attached hydrogens (tertiary/aromatic N) is 4. The van der Waals surface area contributed by atoms with Crippen molar-refractivity contribution in [3.05, 3.63) is 112 Å². The number of carbonyl (C=O) groups is 2. The lowest BCUT2D eigenvalue weighted by atomic mass is 10.0. The van der Waals surface area contributed by atoms with Crippen LogP contribution < -0.4 is 10.2 Å². The maximum Gasteiger partial charge on any atom is 0.251 e. The monoisotopic (exact) mass is 587 g/mol. The second kappa shape index (κ2) is 13.7. The van der Waals surface area contributed by atoms with E-state index in [1.807, 2.05) is 94.4 Å². The normalized spacial score (nSPS) is 11.6. The Bertz CT molecular complexity index is 1490. The van der Waals surface area contributed by atoms with Gasteiger partial charge in [-0.2, -0.15) is 0 Å². The lowest BCUT2D eigenvalue weighted by Gasteiger charge is -2.32. The summed E-state index contributed by atoms with van der Waals surface area (Å²) in [6.45, 7) is 6.05.